The number of quaternary nitrogens is 1. The number of ether oxygens (including phenoxy) is 2. The van der Waals surface area contributed by atoms with Crippen molar-refractivity contribution in [2.75, 3.05) is 26.4 Å². The van der Waals surface area contributed by atoms with Crippen molar-refractivity contribution in [3.05, 3.63) is 0 Å². The Labute approximate surface area is 95.2 Å². The van der Waals surface area contributed by atoms with E-state index in [1.807, 2.05) is 4.72 Å². The molecule has 0 aromatic heterocycles. The lowest BCUT2D eigenvalue weighted by atomic mass is 10.3. The van der Waals surface area contributed by atoms with Crippen molar-refractivity contribution >= 4 is 10.3 Å². The van der Waals surface area contributed by atoms with Crippen LogP contribution in [0, 0.1) is 0 Å². The molecule has 16 heavy (non-hydrogen) atoms. The van der Waals surface area contributed by atoms with Gasteiger partial charge in [-0.1, -0.05) is 0 Å². The van der Waals surface area contributed by atoms with E-state index in [1.165, 1.54) is 0 Å². The zero-order chi connectivity index (χ0) is 12.0. The van der Waals surface area contributed by atoms with Crippen LogP contribution in [-0.4, -0.2) is 51.5 Å². The molecule has 0 radical (unpaired) electrons. The molecule has 2 unspecified atom stereocenters. The molecule has 2 aliphatic heterocycles. The fraction of sp³-hybridized carbons (Fsp3) is 1.00. The van der Waals surface area contributed by atoms with Crippen molar-refractivity contribution in [3.63, 3.8) is 0 Å². The predicted octanol–water partition coefficient (Wildman–Crippen LogP) is -2.16. The van der Waals surface area contributed by atoms with E-state index >= 15 is 0 Å². The van der Waals surface area contributed by atoms with Gasteiger partial charge in [-0.3, -0.25) is 0 Å². The summed E-state index contributed by atoms with van der Waals surface area (Å²) in [4.78, 5) is 0. The molecule has 2 fully saturated rings. The summed E-state index contributed by atoms with van der Waals surface area (Å²) < 4.78 is 41.9. The van der Waals surface area contributed by atoms with Crippen LogP contribution in [0.5, 0.6) is 0 Å². The molecule has 0 aliphatic carbocycles. The molecule has 2 heterocycles. The molecule has 8 heteroatoms. The Morgan fingerprint density at radius 2 is 1.81 bits per heavy atom. The molecule has 0 aromatic rings. The molecule has 4 N–H and O–H groups in total. The Bertz CT molecular complexity index is 283. The second-order valence-corrected chi connectivity index (χ2v) is 5.01. The highest BCUT2D eigenvalue weighted by atomic mass is 32.2. The first-order valence-corrected chi connectivity index (χ1v) is 6.60. The second kappa shape index (κ2) is 6.48. The molecule has 0 saturated carbocycles. The third-order valence-corrected chi connectivity index (χ3v) is 2.89. The molecular formula is C8H18N2O5S. The van der Waals surface area contributed by atoms with Crippen LogP contribution in [0.25, 0.3) is 0 Å². The van der Waals surface area contributed by atoms with E-state index in [0.717, 1.165) is 19.6 Å². The van der Waals surface area contributed by atoms with E-state index < -0.39 is 10.3 Å². The normalized spacial score (nSPS) is 29.9. The van der Waals surface area contributed by atoms with Gasteiger partial charge in [-0.15, -0.1) is 0 Å². The van der Waals surface area contributed by atoms with Gasteiger partial charge in [0.25, 0.3) is 0 Å². The van der Waals surface area contributed by atoms with Crippen LogP contribution in [-0.2, 0) is 19.8 Å². The Morgan fingerprint density at radius 3 is 2.12 bits per heavy atom. The van der Waals surface area contributed by atoms with Crippen LogP contribution in [0.2, 0.25) is 0 Å². The number of rotatable bonds is 2. The largest absolute Gasteiger partial charge is 0.735 e. The maximum Gasteiger partial charge on any atom is 0.159 e. The zero-order valence-corrected chi connectivity index (χ0v) is 9.87. The van der Waals surface area contributed by atoms with Crippen LogP contribution < -0.4 is 10.5 Å². The third kappa shape index (κ3) is 6.36. The summed E-state index contributed by atoms with van der Waals surface area (Å²) in [7, 11) is -4.29. The predicted molar refractivity (Wildman–Crippen MR) is 54.2 cm³/mol. The summed E-state index contributed by atoms with van der Waals surface area (Å²) in [6.45, 7) is 2.63. The first-order chi connectivity index (χ1) is 7.47. The minimum Gasteiger partial charge on any atom is -0.735 e. The first kappa shape index (κ1) is 13.8. The summed E-state index contributed by atoms with van der Waals surface area (Å²) >= 11 is 0. The van der Waals surface area contributed by atoms with Crippen LogP contribution in [0.3, 0.4) is 0 Å². The van der Waals surface area contributed by atoms with Gasteiger partial charge in [0.05, 0.1) is 19.8 Å². The van der Waals surface area contributed by atoms with Crippen molar-refractivity contribution in [1.82, 2.24) is 4.72 Å². The van der Waals surface area contributed by atoms with E-state index in [9.17, 15) is 13.0 Å². The van der Waals surface area contributed by atoms with E-state index in [2.05, 4.69) is 5.73 Å². The summed E-state index contributed by atoms with van der Waals surface area (Å²) in [6, 6.07) is 0.257. The molecule has 0 spiro atoms. The van der Waals surface area contributed by atoms with Crippen LogP contribution in [0.15, 0.2) is 0 Å². The topological polar surface area (TPSA) is 115 Å². The monoisotopic (exact) mass is 254 g/mol. The zero-order valence-electron chi connectivity index (χ0n) is 9.05. The summed E-state index contributed by atoms with van der Waals surface area (Å²) in [5, 5.41) is 0. The van der Waals surface area contributed by atoms with E-state index in [0.29, 0.717) is 25.7 Å². The van der Waals surface area contributed by atoms with Crippen molar-refractivity contribution in [1.29, 1.82) is 0 Å². The third-order valence-electron chi connectivity index (χ3n) is 2.26. The van der Waals surface area contributed by atoms with E-state index in [1.54, 1.807) is 0 Å². The maximum absolute atomic E-state index is 10.1. The van der Waals surface area contributed by atoms with Gasteiger partial charge in [0, 0.05) is 19.1 Å². The van der Waals surface area contributed by atoms with Crippen molar-refractivity contribution < 1.29 is 28.2 Å². The van der Waals surface area contributed by atoms with E-state index in [4.69, 9.17) is 9.47 Å². The lowest BCUT2D eigenvalue weighted by Crippen LogP contribution is -2.61. The maximum atomic E-state index is 10.1. The quantitative estimate of drug-likeness (QED) is 0.545. The van der Waals surface area contributed by atoms with Crippen molar-refractivity contribution in [2.45, 2.75) is 24.9 Å². The lowest BCUT2D eigenvalue weighted by molar-refractivity contribution is -0.416. The number of hydrogen-bond acceptors (Lipinski definition) is 5. The molecular weight excluding hydrogens is 236 g/mol. The SMILES string of the molecule is O=S(=O)([O-])NC1CCOC1.[NH3+]C1CCOC1. The highest BCUT2D eigenvalue weighted by molar-refractivity contribution is 7.83. The highest BCUT2D eigenvalue weighted by Gasteiger charge is 2.16. The van der Waals surface area contributed by atoms with Gasteiger partial charge < -0.3 is 19.8 Å². The average molecular weight is 254 g/mol. The molecule has 2 aliphatic rings. The summed E-state index contributed by atoms with van der Waals surface area (Å²) in [5.74, 6) is 0. The van der Waals surface area contributed by atoms with Gasteiger partial charge in [0.15, 0.2) is 10.3 Å². The molecule has 0 amide bonds. The Hall–Kier alpha value is -0.250. The Balaban J connectivity index is 0.000000181. The van der Waals surface area contributed by atoms with Gasteiger partial charge in [-0.2, -0.15) is 0 Å². The molecule has 96 valence electrons. The van der Waals surface area contributed by atoms with E-state index in [-0.39, 0.29) is 6.04 Å². The Morgan fingerprint density at radius 1 is 1.19 bits per heavy atom. The molecule has 0 bridgehead atoms. The van der Waals surface area contributed by atoms with Crippen molar-refractivity contribution in [2.24, 2.45) is 0 Å². The smallest absolute Gasteiger partial charge is 0.159 e. The number of nitrogens with one attached hydrogen (secondary N) is 1. The van der Waals surface area contributed by atoms with Crippen LogP contribution in [0.4, 0.5) is 0 Å². The Kier molecular flexibility index (Phi) is 5.59. The van der Waals surface area contributed by atoms with Gasteiger partial charge in [0.1, 0.15) is 6.04 Å². The van der Waals surface area contributed by atoms with Crippen LogP contribution in [0.1, 0.15) is 12.8 Å². The van der Waals surface area contributed by atoms with Gasteiger partial charge in [-0.05, 0) is 6.42 Å². The average Bonchev–Trinajstić information content (AvgIpc) is 2.76. The van der Waals surface area contributed by atoms with Gasteiger partial charge in [-0.25, -0.2) is 13.1 Å². The summed E-state index contributed by atoms with van der Waals surface area (Å²) in [5.41, 5.74) is 3.81. The van der Waals surface area contributed by atoms with Gasteiger partial charge >= 0.3 is 0 Å². The fourth-order valence-electron chi connectivity index (χ4n) is 1.41. The lowest BCUT2D eigenvalue weighted by Gasteiger charge is -2.12. The standard InChI is InChI=1S/C4H9NO4S.C4H9NO/c6-10(7,8)5-4-1-2-9-3-4;5-4-1-2-6-3-4/h4-5H,1-3H2,(H,6,7,8);4H,1-3,5H2. The van der Waals surface area contributed by atoms with Gasteiger partial charge in [0.2, 0.25) is 0 Å². The van der Waals surface area contributed by atoms with Crippen molar-refractivity contribution in [3.8, 4) is 0 Å². The van der Waals surface area contributed by atoms with Crippen LogP contribution >= 0.6 is 0 Å². The summed E-state index contributed by atoms with van der Waals surface area (Å²) in [6.07, 6.45) is 1.74. The minimum atomic E-state index is -4.29. The molecule has 7 nitrogen and oxygen atoms in total. The second-order valence-electron chi connectivity index (χ2n) is 3.86. The fourth-order valence-corrected chi connectivity index (χ4v) is 2.01. The highest BCUT2D eigenvalue weighted by Crippen LogP contribution is 2.03. The molecule has 2 atom stereocenters. The molecule has 0 aromatic carbocycles. The molecule has 2 saturated heterocycles. The first-order valence-electron chi connectivity index (χ1n) is 5.19. The molecule has 2 rings (SSSR count). The minimum absolute atomic E-state index is 0.307. The number of hydrogen-bond donors (Lipinski definition) is 2.